The number of aromatic nitrogens is 2. The van der Waals surface area contributed by atoms with Gasteiger partial charge in [-0.1, -0.05) is 12.1 Å². The average molecular weight is 356 g/mol. The van der Waals surface area contributed by atoms with E-state index in [2.05, 4.69) is 21.8 Å². The van der Waals surface area contributed by atoms with Crippen LogP contribution < -0.4 is 10.6 Å². The molecule has 2 aromatic rings. The summed E-state index contributed by atoms with van der Waals surface area (Å²) in [5.74, 6) is -0.0561. The van der Waals surface area contributed by atoms with Gasteiger partial charge in [-0.05, 0) is 63.9 Å². The minimum atomic E-state index is -0.212. The van der Waals surface area contributed by atoms with E-state index in [9.17, 15) is 4.79 Å². The van der Waals surface area contributed by atoms with Crippen molar-refractivity contribution in [2.24, 2.45) is 0 Å². The van der Waals surface area contributed by atoms with Gasteiger partial charge < -0.3 is 15.4 Å². The number of hydrogen-bond donors (Lipinski definition) is 2. The maximum absolute atomic E-state index is 13.0. The van der Waals surface area contributed by atoms with Crippen LogP contribution in [0.4, 0.5) is 0 Å². The highest BCUT2D eigenvalue weighted by molar-refractivity contribution is 5.95. The van der Waals surface area contributed by atoms with Crippen LogP contribution in [0.3, 0.4) is 0 Å². The van der Waals surface area contributed by atoms with Crippen molar-refractivity contribution in [3.63, 3.8) is 0 Å². The maximum Gasteiger partial charge on any atom is 0.255 e. The Kier molecular flexibility index (Phi) is 5.74. The molecule has 1 fully saturated rings. The van der Waals surface area contributed by atoms with Crippen LogP contribution in [0.25, 0.3) is 5.69 Å². The van der Waals surface area contributed by atoms with Gasteiger partial charge in [-0.15, -0.1) is 0 Å². The molecule has 1 aliphatic heterocycles. The van der Waals surface area contributed by atoms with Gasteiger partial charge in [0, 0.05) is 19.3 Å². The topological polar surface area (TPSA) is 68.2 Å². The number of carbonyl (C=O) groups is 1. The smallest absolute Gasteiger partial charge is 0.255 e. The number of rotatable bonds is 6. The summed E-state index contributed by atoms with van der Waals surface area (Å²) in [4.78, 5) is 13.0. The number of methoxy groups -OCH3 is 1. The van der Waals surface area contributed by atoms with Crippen LogP contribution in [0.15, 0.2) is 30.5 Å². The zero-order chi connectivity index (χ0) is 18.6. The fourth-order valence-electron chi connectivity index (χ4n) is 3.60. The summed E-state index contributed by atoms with van der Waals surface area (Å²) in [6, 6.07) is 8.11. The van der Waals surface area contributed by atoms with Gasteiger partial charge in [0.05, 0.1) is 23.1 Å². The number of nitrogens with one attached hydrogen (secondary N) is 2. The van der Waals surface area contributed by atoms with Crippen LogP contribution in [0, 0.1) is 13.8 Å². The number of nitrogens with zero attached hydrogens (tertiary/aromatic N) is 2. The summed E-state index contributed by atoms with van der Waals surface area (Å²) >= 11 is 0. The van der Waals surface area contributed by atoms with Gasteiger partial charge in [0.2, 0.25) is 0 Å². The van der Waals surface area contributed by atoms with E-state index in [1.807, 2.05) is 36.7 Å². The van der Waals surface area contributed by atoms with Crippen LogP contribution >= 0.6 is 0 Å². The molecule has 1 saturated heterocycles. The molecule has 6 heteroatoms. The zero-order valence-corrected chi connectivity index (χ0v) is 15.8. The lowest BCUT2D eigenvalue weighted by atomic mass is 9.85. The number of benzene rings is 1. The predicted octanol–water partition coefficient (Wildman–Crippen LogP) is 2.38. The molecule has 26 heavy (non-hydrogen) atoms. The number of carbonyl (C=O) groups excluding carboxylic acids is 1. The third-order valence-electron chi connectivity index (χ3n) is 5.22. The minimum absolute atomic E-state index is 0.0561. The van der Waals surface area contributed by atoms with Gasteiger partial charge in [0.25, 0.3) is 5.91 Å². The Bertz CT molecular complexity index is 763. The fourth-order valence-corrected chi connectivity index (χ4v) is 3.60. The van der Waals surface area contributed by atoms with Crippen molar-refractivity contribution >= 4 is 5.91 Å². The summed E-state index contributed by atoms with van der Waals surface area (Å²) in [5.41, 5.74) is 3.40. The summed E-state index contributed by atoms with van der Waals surface area (Å²) in [6.45, 7) is 6.44. The number of piperidine rings is 1. The first-order valence-corrected chi connectivity index (χ1v) is 9.18. The minimum Gasteiger partial charge on any atom is -0.385 e. The van der Waals surface area contributed by atoms with Gasteiger partial charge in [-0.25, -0.2) is 4.68 Å². The third-order valence-corrected chi connectivity index (χ3v) is 5.22. The second-order valence-corrected chi connectivity index (χ2v) is 7.12. The third kappa shape index (κ3) is 3.97. The molecule has 1 aromatic carbocycles. The largest absolute Gasteiger partial charge is 0.385 e. The first-order valence-electron chi connectivity index (χ1n) is 9.18. The van der Waals surface area contributed by atoms with Crippen molar-refractivity contribution in [2.45, 2.75) is 38.6 Å². The summed E-state index contributed by atoms with van der Waals surface area (Å²) < 4.78 is 7.09. The molecular weight excluding hydrogens is 328 g/mol. The molecule has 6 nitrogen and oxygen atoms in total. The van der Waals surface area contributed by atoms with E-state index in [0.717, 1.165) is 49.3 Å². The summed E-state index contributed by atoms with van der Waals surface area (Å²) in [5, 5.41) is 11.1. The lowest BCUT2D eigenvalue weighted by Gasteiger charge is -2.38. The molecule has 0 bridgehead atoms. The molecule has 0 unspecified atom stereocenters. The van der Waals surface area contributed by atoms with Crippen molar-refractivity contribution in [1.82, 2.24) is 20.4 Å². The molecule has 1 aromatic heterocycles. The monoisotopic (exact) mass is 356 g/mol. The normalized spacial score (nSPS) is 16.4. The van der Waals surface area contributed by atoms with Crippen LogP contribution in [-0.2, 0) is 4.74 Å². The number of aryl methyl sites for hydroxylation is 1. The van der Waals surface area contributed by atoms with E-state index in [4.69, 9.17) is 4.74 Å². The Labute approximate surface area is 154 Å². The standard InChI is InChI=1S/C20H28N4O2/c1-15-5-4-6-17(13-15)24-16(2)18(14-22-24)19(25)23-20(9-12-26-3)7-10-21-11-8-20/h4-6,13-14,21H,7-12H2,1-3H3,(H,23,25). The Morgan fingerprint density at radius 2 is 2.12 bits per heavy atom. The maximum atomic E-state index is 13.0. The molecule has 0 spiro atoms. The molecular formula is C20H28N4O2. The van der Waals surface area contributed by atoms with Crippen molar-refractivity contribution in [1.29, 1.82) is 0 Å². The quantitative estimate of drug-likeness (QED) is 0.834. The van der Waals surface area contributed by atoms with E-state index < -0.39 is 0 Å². The predicted molar refractivity (Wildman–Crippen MR) is 102 cm³/mol. The highest BCUT2D eigenvalue weighted by atomic mass is 16.5. The summed E-state index contributed by atoms with van der Waals surface area (Å²) in [7, 11) is 1.70. The first-order chi connectivity index (χ1) is 12.5. The molecule has 2 heterocycles. The Morgan fingerprint density at radius 3 is 2.81 bits per heavy atom. The van der Waals surface area contributed by atoms with Gasteiger partial charge in [-0.2, -0.15) is 5.10 Å². The highest BCUT2D eigenvalue weighted by Crippen LogP contribution is 2.24. The van der Waals surface area contributed by atoms with Gasteiger partial charge in [0.15, 0.2) is 0 Å². The van der Waals surface area contributed by atoms with Crippen molar-refractivity contribution in [3.05, 3.63) is 47.3 Å². The molecule has 0 aliphatic carbocycles. The van der Waals surface area contributed by atoms with E-state index >= 15 is 0 Å². The average Bonchev–Trinajstić information content (AvgIpc) is 3.02. The van der Waals surface area contributed by atoms with E-state index in [1.165, 1.54) is 0 Å². The van der Waals surface area contributed by atoms with Crippen LogP contribution in [0.1, 0.15) is 40.9 Å². The second kappa shape index (κ2) is 8.01. The zero-order valence-electron chi connectivity index (χ0n) is 15.8. The van der Waals surface area contributed by atoms with Gasteiger partial charge in [-0.3, -0.25) is 4.79 Å². The van der Waals surface area contributed by atoms with Crippen molar-refractivity contribution in [2.75, 3.05) is 26.8 Å². The van der Waals surface area contributed by atoms with Gasteiger partial charge >= 0.3 is 0 Å². The molecule has 0 saturated carbocycles. The molecule has 0 atom stereocenters. The molecule has 1 amide bonds. The van der Waals surface area contributed by atoms with Crippen LogP contribution in [0.2, 0.25) is 0 Å². The van der Waals surface area contributed by atoms with Gasteiger partial charge in [0.1, 0.15) is 0 Å². The molecule has 3 rings (SSSR count). The number of amides is 1. The Morgan fingerprint density at radius 1 is 1.35 bits per heavy atom. The molecule has 1 aliphatic rings. The first kappa shape index (κ1) is 18.6. The molecule has 0 radical (unpaired) electrons. The Balaban J connectivity index is 1.81. The van der Waals surface area contributed by atoms with Crippen LogP contribution in [0.5, 0.6) is 0 Å². The molecule has 2 N–H and O–H groups in total. The lowest BCUT2D eigenvalue weighted by molar-refractivity contribution is 0.0819. The van der Waals surface area contributed by atoms with Crippen molar-refractivity contribution < 1.29 is 9.53 Å². The molecule has 140 valence electrons. The Hall–Kier alpha value is -2.18. The number of ether oxygens (including phenoxy) is 1. The van der Waals surface area contributed by atoms with Crippen LogP contribution in [-0.4, -0.2) is 48.0 Å². The SMILES string of the molecule is COCCC1(NC(=O)c2cnn(-c3cccc(C)c3)c2C)CCNCC1. The number of hydrogen-bond acceptors (Lipinski definition) is 4. The van der Waals surface area contributed by atoms with E-state index in [0.29, 0.717) is 12.2 Å². The second-order valence-electron chi connectivity index (χ2n) is 7.12. The van der Waals surface area contributed by atoms with E-state index in [1.54, 1.807) is 13.3 Å². The summed E-state index contributed by atoms with van der Waals surface area (Å²) in [6.07, 6.45) is 4.31. The van der Waals surface area contributed by atoms with Crippen molar-refractivity contribution in [3.8, 4) is 5.69 Å². The highest BCUT2D eigenvalue weighted by Gasteiger charge is 2.34. The van der Waals surface area contributed by atoms with E-state index in [-0.39, 0.29) is 11.4 Å². The fraction of sp³-hybridized carbons (Fsp3) is 0.500. The lowest BCUT2D eigenvalue weighted by Crippen LogP contribution is -2.55.